The first kappa shape index (κ1) is 23.6. The summed E-state index contributed by atoms with van der Waals surface area (Å²) in [5.74, 6) is 0.0616. The number of benzene rings is 1. The van der Waals surface area contributed by atoms with E-state index in [4.69, 9.17) is 9.15 Å². The summed E-state index contributed by atoms with van der Waals surface area (Å²) in [7, 11) is -4.67. The maximum absolute atomic E-state index is 11.8. The van der Waals surface area contributed by atoms with E-state index in [1.807, 2.05) is 24.3 Å². The van der Waals surface area contributed by atoms with E-state index >= 15 is 0 Å². The second kappa shape index (κ2) is 9.01. The minimum Gasteiger partial charge on any atom is -0.742 e. The zero-order valence-electron chi connectivity index (χ0n) is 17.8. The average Bonchev–Trinajstić information content (AvgIpc) is 3.07. The van der Waals surface area contributed by atoms with Crippen molar-refractivity contribution in [3.63, 3.8) is 0 Å². The second-order valence-electron chi connectivity index (χ2n) is 8.84. The van der Waals surface area contributed by atoms with Crippen LogP contribution >= 0.6 is 0 Å². The van der Waals surface area contributed by atoms with Crippen molar-refractivity contribution in [1.82, 2.24) is 5.43 Å². The van der Waals surface area contributed by atoms with Crippen LogP contribution in [0, 0.1) is 5.41 Å². The SMILES string of the molecule is CC(C)(C)CC(C)(C)c1ccc(OCC(=O)N/N=C/c2ccc(S(=O)(=O)[O-])o2)cc1. The molecule has 30 heavy (non-hydrogen) atoms. The van der Waals surface area contributed by atoms with Crippen molar-refractivity contribution in [2.24, 2.45) is 10.5 Å². The lowest BCUT2D eigenvalue weighted by Gasteiger charge is -2.33. The Balaban J connectivity index is 1.85. The van der Waals surface area contributed by atoms with Crippen molar-refractivity contribution in [2.75, 3.05) is 6.61 Å². The van der Waals surface area contributed by atoms with E-state index < -0.39 is 21.1 Å². The van der Waals surface area contributed by atoms with Gasteiger partial charge in [-0.1, -0.05) is 46.8 Å². The summed E-state index contributed by atoms with van der Waals surface area (Å²) >= 11 is 0. The third kappa shape index (κ3) is 7.31. The Morgan fingerprint density at radius 2 is 1.77 bits per heavy atom. The largest absolute Gasteiger partial charge is 0.742 e. The maximum atomic E-state index is 11.8. The number of hydrogen-bond donors (Lipinski definition) is 1. The van der Waals surface area contributed by atoms with Crippen LogP contribution in [0.4, 0.5) is 0 Å². The monoisotopic (exact) mass is 435 g/mol. The molecule has 164 valence electrons. The normalized spacial score (nSPS) is 12.9. The lowest BCUT2D eigenvalue weighted by molar-refractivity contribution is -0.123. The van der Waals surface area contributed by atoms with E-state index in [0.29, 0.717) is 5.75 Å². The molecule has 2 aromatic rings. The van der Waals surface area contributed by atoms with Gasteiger partial charge < -0.3 is 13.7 Å². The van der Waals surface area contributed by atoms with Crippen molar-refractivity contribution < 1.29 is 26.9 Å². The quantitative estimate of drug-likeness (QED) is 0.385. The van der Waals surface area contributed by atoms with Crippen LogP contribution in [0.3, 0.4) is 0 Å². The predicted octanol–water partition coefficient (Wildman–Crippen LogP) is 3.43. The molecule has 9 heteroatoms. The van der Waals surface area contributed by atoms with Gasteiger partial charge >= 0.3 is 0 Å². The molecule has 0 saturated heterocycles. The third-order valence-electron chi connectivity index (χ3n) is 4.21. The second-order valence-corrected chi connectivity index (χ2v) is 10.1. The molecular formula is C21H27N2O6S-. The molecule has 0 saturated carbocycles. The van der Waals surface area contributed by atoms with Gasteiger partial charge in [-0.25, -0.2) is 13.8 Å². The summed E-state index contributed by atoms with van der Waals surface area (Å²) in [6.45, 7) is 10.8. The highest BCUT2D eigenvalue weighted by Crippen LogP contribution is 2.36. The Kier molecular flexibility index (Phi) is 7.10. The molecule has 1 N–H and O–H groups in total. The number of ether oxygens (including phenoxy) is 1. The Labute approximate surface area is 177 Å². The molecule has 0 bridgehead atoms. The standard InChI is InChI=1S/C21H28N2O6S/c1-20(2,3)14-21(4,5)15-6-8-16(9-7-15)28-13-18(24)23-22-12-17-10-11-19(29-17)30(25,26)27/h6-12H,13-14H2,1-5H3,(H,23,24)(H,25,26,27)/p-1/b22-12+. The summed E-state index contributed by atoms with van der Waals surface area (Å²) < 4.78 is 42.7. The molecule has 0 spiro atoms. The lowest BCUT2D eigenvalue weighted by Crippen LogP contribution is -2.25. The molecule has 0 aliphatic heterocycles. The van der Waals surface area contributed by atoms with E-state index in [1.165, 1.54) is 11.6 Å². The summed E-state index contributed by atoms with van der Waals surface area (Å²) in [6.07, 6.45) is 2.11. The zero-order valence-corrected chi connectivity index (χ0v) is 18.6. The fourth-order valence-electron chi connectivity index (χ4n) is 3.32. The predicted molar refractivity (Wildman–Crippen MR) is 111 cm³/mol. The summed E-state index contributed by atoms with van der Waals surface area (Å²) in [5, 5.41) is 2.92. The van der Waals surface area contributed by atoms with Gasteiger partial charge in [0.05, 0.1) is 6.21 Å². The van der Waals surface area contributed by atoms with Crippen LogP contribution in [0.2, 0.25) is 0 Å². The van der Waals surface area contributed by atoms with Crippen molar-refractivity contribution in [1.29, 1.82) is 0 Å². The first-order valence-corrected chi connectivity index (χ1v) is 10.8. The molecule has 1 amide bonds. The van der Waals surface area contributed by atoms with Gasteiger partial charge in [0, 0.05) is 0 Å². The molecule has 0 fully saturated rings. The van der Waals surface area contributed by atoms with Crippen molar-refractivity contribution in [2.45, 2.75) is 51.5 Å². The van der Waals surface area contributed by atoms with Gasteiger partial charge in [0.1, 0.15) is 11.5 Å². The Morgan fingerprint density at radius 1 is 1.13 bits per heavy atom. The zero-order chi connectivity index (χ0) is 22.6. The van der Waals surface area contributed by atoms with Gasteiger partial charge in [-0.2, -0.15) is 5.10 Å². The van der Waals surface area contributed by atoms with Crippen LogP contribution in [-0.4, -0.2) is 31.7 Å². The fourth-order valence-corrected chi connectivity index (χ4v) is 3.75. The number of nitrogens with zero attached hydrogens (tertiary/aromatic N) is 1. The van der Waals surface area contributed by atoms with E-state index in [0.717, 1.165) is 18.7 Å². The topological polar surface area (TPSA) is 121 Å². The average molecular weight is 436 g/mol. The van der Waals surface area contributed by atoms with Crippen LogP contribution in [0.5, 0.6) is 5.75 Å². The minimum absolute atomic E-state index is 0.0131. The highest BCUT2D eigenvalue weighted by atomic mass is 32.2. The molecular weight excluding hydrogens is 408 g/mol. The lowest BCUT2D eigenvalue weighted by atomic mass is 9.72. The molecule has 0 radical (unpaired) electrons. The van der Waals surface area contributed by atoms with Gasteiger partial charge in [-0.15, -0.1) is 0 Å². The van der Waals surface area contributed by atoms with Crippen LogP contribution < -0.4 is 10.2 Å². The molecule has 8 nitrogen and oxygen atoms in total. The Bertz CT molecular complexity index is 999. The van der Waals surface area contributed by atoms with Crippen molar-refractivity contribution in [3.05, 3.63) is 47.7 Å². The van der Waals surface area contributed by atoms with Gasteiger partial charge in [0.25, 0.3) is 5.91 Å². The number of hydrogen-bond acceptors (Lipinski definition) is 7. The molecule has 0 unspecified atom stereocenters. The number of rotatable bonds is 8. The van der Waals surface area contributed by atoms with E-state index in [1.54, 1.807) is 0 Å². The summed E-state index contributed by atoms with van der Waals surface area (Å²) in [4.78, 5) is 11.8. The molecule has 2 rings (SSSR count). The van der Waals surface area contributed by atoms with Crippen LogP contribution in [0.1, 0.15) is 52.4 Å². The van der Waals surface area contributed by atoms with Crippen molar-refractivity contribution in [3.8, 4) is 5.75 Å². The Hall–Kier alpha value is -2.65. The first-order valence-electron chi connectivity index (χ1n) is 9.37. The number of nitrogens with one attached hydrogen (secondary N) is 1. The van der Waals surface area contributed by atoms with Gasteiger partial charge in [-0.3, -0.25) is 4.79 Å². The first-order chi connectivity index (χ1) is 13.8. The van der Waals surface area contributed by atoms with Gasteiger partial charge in [-0.05, 0) is 47.1 Å². The minimum atomic E-state index is -4.67. The molecule has 0 aliphatic carbocycles. The molecule has 0 aliphatic rings. The number of hydrazone groups is 1. The Morgan fingerprint density at radius 3 is 2.30 bits per heavy atom. The van der Waals surface area contributed by atoms with Crippen LogP contribution in [0.15, 0.2) is 51.0 Å². The van der Waals surface area contributed by atoms with Gasteiger partial charge in [0.15, 0.2) is 16.7 Å². The smallest absolute Gasteiger partial charge is 0.277 e. The number of carbonyl (C=O) groups is 1. The maximum Gasteiger partial charge on any atom is 0.277 e. The molecule has 1 aromatic carbocycles. The highest BCUT2D eigenvalue weighted by molar-refractivity contribution is 7.85. The number of furan rings is 1. The van der Waals surface area contributed by atoms with E-state index in [2.05, 4.69) is 45.1 Å². The summed E-state index contributed by atoms with van der Waals surface area (Å²) in [6, 6.07) is 9.90. The number of carbonyl (C=O) groups excluding carboxylic acids is 1. The highest BCUT2D eigenvalue weighted by Gasteiger charge is 2.27. The third-order valence-corrected chi connectivity index (χ3v) is 4.92. The molecule has 1 aromatic heterocycles. The summed E-state index contributed by atoms with van der Waals surface area (Å²) in [5.41, 5.74) is 3.64. The van der Waals surface area contributed by atoms with Crippen LogP contribution in [-0.2, 0) is 20.3 Å². The molecule has 0 atom stereocenters. The van der Waals surface area contributed by atoms with Crippen LogP contribution in [0.25, 0.3) is 0 Å². The van der Waals surface area contributed by atoms with E-state index in [9.17, 15) is 17.8 Å². The van der Waals surface area contributed by atoms with Crippen molar-refractivity contribution >= 4 is 22.2 Å². The fraction of sp³-hybridized carbons (Fsp3) is 0.429. The van der Waals surface area contributed by atoms with Gasteiger partial charge in [0.2, 0.25) is 5.09 Å². The van der Waals surface area contributed by atoms with E-state index in [-0.39, 0.29) is 23.2 Å². The number of amides is 1. The molecule has 1 heterocycles.